The first-order valence-corrected chi connectivity index (χ1v) is 11.8. The van der Waals surface area contributed by atoms with Crippen LogP contribution in [0.15, 0.2) is 23.2 Å². The van der Waals surface area contributed by atoms with E-state index in [1.165, 1.54) is 11.3 Å². The van der Waals surface area contributed by atoms with Crippen LogP contribution in [-0.4, -0.2) is 60.0 Å². The summed E-state index contributed by atoms with van der Waals surface area (Å²) < 4.78 is 5.98. The van der Waals surface area contributed by atoms with Crippen molar-refractivity contribution in [1.29, 1.82) is 0 Å². The largest absolute Gasteiger partial charge is 0.491 e. The molecule has 0 spiro atoms. The van der Waals surface area contributed by atoms with Gasteiger partial charge in [-0.25, -0.2) is 9.97 Å². The molecule has 0 saturated heterocycles. The molecule has 0 fully saturated rings. The third-order valence-electron chi connectivity index (χ3n) is 5.15. The number of ether oxygens (including phenoxy) is 1. The lowest BCUT2D eigenvalue weighted by molar-refractivity contribution is 0.223. The molecular weight excluding hydrogens is 455 g/mol. The Labute approximate surface area is 195 Å². The Morgan fingerprint density at radius 1 is 1.16 bits per heavy atom. The van der Waals surface area contributed by atoms with Crippen molar-refractivity contribution in [3.8, 4) is 17.0 Å². The summed E-state index contributed by atoms with van der Waals surface area (Å²) >= 11 is 14.5. The minimum Gasteiger partial charge on any atom is -0.491 e. The number of nitrogens with zero attached hydrogens (tertiary/aromatic N) is 4. The van der Waals surface area contributed by atoms with Crippen molar-refractivity contribution in [2.45, 2.75) is 13.8 Å². The molecule has 7 nitrogen and oxygen atoms in total. The third-order valence-corrected chi connectivity index (χ3v) is 6.80. The molecule has 164 valence electrons. The highest BCUT2D eigenvalue weighted by Gasteiger charge is 2.20. The van der Waals surface area contributed by atoms with Crippen LogP contribution >= 0.6 is 34.5 Å². The zero-order valence-electron chi connectivity index (χ0n) is 17.4. The average Bonchev–Trinajstić information content (AvgIpc) is 3.42. The summed E-state index contributed by atoms with van der Waals surface area (Å²) in [5.74, 6) is 1.62. The van der Waals surface area contributed by atoms with Crippen LogP contribution < -0.4 is 15.8 Å². The number of likely N-dealkylation sites (N-methyl/N-ethyl adjacent to an activating group) is 1. The van der Waals surface area contributed by atoms with Crippen LogP contribution in [0.5, 0.6) is 5.75 Å². The molecule has 3 heterocycles. The molecule has 0 bridgehead atoms. The van der Waals surface area contributed by atoms with Gasteiger partial charge in [0.1, 0.15) is 23.0 Å². The number of halogens is 2. The van der Waals surface area contributed by atoms with Gasteiger partial charge < -0.3 is 20.7 Å². The van der Waals surface area contributed by atoms with Crippen molar-refractivity contribution >= 4 is 56.5 Å². The molecule has 0 aliphatic carbocycles. The minimum atomic E-state index is 0.187. The van der Waals surface area contributed by atoms with Gasteiger partial charge in [-0.1, -0.05) is 37.0 Å². The number of thiophene rings is 1. The number of rotatable bonds is 8. The number of anilines is 1. The van der Waals surface area contributed by atoms with Gasteiger partial charge in [0.15, 0.2) is 0 Å². The van der Waals surface area contributed by atoms with Gasteiger partial charge in [-0.15, -0.1) is 11.3 Å². The van der Waals surface area contributed by atoms with Gasteiger partial charge in [0.05, 0.1) is 27.2 Å². The second kappa shape index (κ2) is 9.56. The van der Waals surface area contributed by atoms with Crippen LogP contribution in [0.2, 0.25) is 10.0 Å². The number of nitrogen functional groups attached to an aromatic ring is 1. The van der Waals surface area contributed by atoms with Crippen molar-refractivity contribution in [3.05, 3.63) is 33.1 Å². The number of nitrogens with one attached hydrogen (secondary N) is 1. The molecule has 0 atom stereocenters. The van der Waals surface area contributed by atoms with Crippen molar-refractivity contribution in [1.82, 2.24) is 20.2 Å². The normalized spacial score (nSPS) is 13.6. The molecule has 1 aromatic carbocycles. The Morgan fingerprint density at radius 3 is 2.68 bits per heavy atom. The highest BCUT2D eigenvalue weighted by atomic mass is 35.5. The summed E-state index contributed by atoms with van der Waals surface area (Å²) in [6, 6.07) is 5.54. The summed E-state index contributed by atoms with van der Waals surface area (Å²) in [5.41, 5.74) is 7.37. The number of nitrogens with two attached hydrogens (primary N) is 1. The topological polar surface area (TPSA) is 88.7 Å². The van der Waals surface area contributed by atoms with Crippen LogP contribution in [0.25, 0.3) is 21.5 Å². The minimum absolute atomic E-state index is 0.187. The maximum atomic E-state index is 6.57. The van der Waals surface area contributed by atoms with Gasteiger partial charge in [0.2, 0.25) is 5.95 Å². The first-order valence-electron chi connectivity index (χ1n) is 10.2. The second-order valence-electron chi connectivity index (χ2n) is 7.05. The van der Waals surface area contributed by atoms with E-state index >= 15 is 0 Å². The molecule has 3 aromatic rings. The van der Waals surface area contributed by atoms with E-state index in [9.17, 15) is 0 Å². The van der Waals surface area contributed by atoms with E-state index in [0.717, 1.165) is 53.7 Å². The maximum Gasteiger partial charge on any atom is 0.221 e. The van der Waals surface area contributed by atoms with Gasteiger partial charge in [-0.2, -0.15) is 0 Å². The zero-order chi connectivity index (χ0) is 22.0. The Morgan fingerprint density at radius 2 is 1.97 bits per heavy atom. The fraction of sp³-hybridized carbons (Fsp3) is 0.381. The molecule has 0 saturated carbocycles. The second-order valence-corrected chi connectivity index (χ2v) is 8.90. The van der Waals surface area contributed by atoms with Crippen molar-refractivity contribution in [2.24, 2.45) is 4.99 Å². The Hall–Kier alpha value is -2.13. The van der Waals surface area contributed by atoms with Gasteiger partial charge in [0, 0.05) is 24.0 Å². The molecule has 0 amide bonds. The molecule has 0 unspecified atom stereocenters. The first kappa shape index (κ1) is 22.1. The molecule has 3 N–H and O–H groups in total. The molecule has 0 radical (unpaired) electrons. The number of aliphatic imine (C=N–C) groups is 1. The van der Waals surface area contributed by atoms with E-state index in [1.807, 2.05) is 12.1 Å². The molecular formula is C21H24Cl2N6OS. The van der Waals surface area contributed by atoms with Crippen molar-refractivity contribution in [2.75, 3.05) is 45.1 Å². The van der Waals surface area contributed by atoms with Gasteiger partial charge in [0.25, 0.3) is 0 Å². The van der Waals surface area contributed by atoms with E-state index in [0.29, 0.717) is 33.7 Å². The average molecular weight is 479 g/mol. The van der Waals surface area contributed by atoms with Crippen molar-refractivity contribution < 1.29 is 4.74 Å². The van der Waals surface area contributed by atoms with E-state index in [1.54, 1.807) is 6.07 Å². The quantitative estimate of drug-likeness (QED) is 0.501. The maximum absolute atomic E-state index is 6.57. The summed E-state index contributed by atoms with van der Waals surface area (Å²) in [4.78, 5) is 17.5. The first-order chi connectivity index (χ1) is 15.0. The molecule has 31 heavy (non-hydrogen) atoms. The highest BCUT2D eigenvalue weighted by molar-refractivity contribution is 7.20. The Bertz CT molecular complexity index is 1130. The fourth-order valence-electron chi connectivity index (χ4n) is 3.47. The Balaban J connectivity index is 1.71. The monoisotopic (exact) mass is 478 g/mol. The molecule has 10 heteroatoms. The van der Waals surface area contributed by atoms with E-state index in [-0.39, 0.29) is 5.95 Å². The summed E-state index contributed by atoms with van der Waals surface area (Å²) in [6.07, 6.45) is 0. The molecule has 2 aromatic heterocycles. The summed E-state index contributed by atoms with van der Waals surface area (Å²) in [7, 11) is 0. The van der Waals surface area contributed by atoms with Crippen LogP contribution in [-0.2, 0) is 0 Å². The number of hydrogen-bond acceptors (Lipinski definition) is 8. The predicted molar refractivity (Wildman–Crippen MR) is 130 cm³/mol. The lowest BCUT2D eigenvalue weighted by Gasteiger charge is -2.19. The molecule has 1 aliphatic heterocycles. The standard InChI is InChI=1S/C21H24Cl2N6OS/c1-3-29(4-2)7-8-30-16-9-12(14(22)11-15(16)23)18-13-10-17(19-25-5-6-26-19)31-20(13)28-21(24)27-18/h9-11H,3-8H2,1-2H3,(H,25,26)(H2,24,27,28). The number of fused-ring (bicyclic) bond motifs is 1. The van der Waals surface area contributed by atoms with Gasteiger partial charge in [-0.05, 0) is 31.3 Å². The number of benzene rings is 1. The van der Waals surface area contributed by atoms with Crippen LogP contribution in [0.4, 0.5) is 5.95 Å². The zero-order valence-corrected chi connectivity index (χ0v) is 19.7. The van der Waals surface area contributed by atoms with E-state index in [4.69, 9.17) is 33.7 Å². The van der Waals surface area contributed by atoms with E-state index in [2.05, 4.69) is 39.0 Å². The number of aromatic nitrogens is 2. The number of hydrogen-bond donors (Lipinski definition) is 2. The smallest absolute Gasteiger partial charge is 0.221 e. The molecule has 1 aliphatic rings. The van der Waals surface area contributed by atoms with Crippen LogP contribution in [0.3, 0.4) is 0 Å². The lowest BCUT2D eigenvalue weighted by atomic mass is 10.1. The fourth-order valence-corrected chi connectivity index (χ4v) is 5.02. The highest BCUT2D eigenvalue weighted by Crippen LogP contribution is 2.40. The Kier molecular flexibility index (Phi) is 6.81. The summed E-state index contributed by atoms with van der Waals surface area (Å²) in [5, 5.41) is 5.09. The van der Waals surface area contributed by atoms with Crippen molar-refractivity contribution in [3.63, 3.8) is 0 Å². The van der Waals surface area contributed by atoms with E-state index < -0.39 is 0 Å². The summed E-state index contributed by atoms with van der Waals surface area (Å²) in [6.45, 7) is 9.14. The van der Waals surface area contributed by atoms with Crippen LogP contribution in [0.1, 0.15) is 18.7 Å². The number of amidine groups is 1. The SMILES string of the molecule is CCN(CC)CCOc1cc(-c2nc(N)nc3sc(C4=NCCN4)cc23)c(Cl)cc1Cl. The predicted octanol–water partition coefficient (Wildman–Crippen LogP) is 4.32. The van der Waals surface area contributed by atoms with Crippen LogP contribution in [0, 0.1) is 0 Å². The van der Waals surface area contributed by atoms with Gasteiger partial charge in [-0.3, -0.25) is 4.99 Å². The third kappa shape index (κ3) is 4.72. The molecule has 4 rings (SSSR count). The van der Waals surface area contributed by atoms with Gasteiger partial charge >= 0.3 is 0 Å². The lowest BCUT2D eigenvalue weighted by Crippen LogP contribution is -2.27.